The number of halogens is 2. The van der Waals surface area contributed by atoms with Gasteiger partial charge in [-0.3, -0.25) is 25.2 Å². The first kappa shape index (κ1) is 21.1. The second kappa shape index (κ2) is 9.26. The monoisotopic (exact) mass is 435 g/mol. The maximum absolute atomic E-state index is 12.6. The van der Waals surface area contributed by atoms with Gasteiger partial charge in [-0.1, -0.05) is 47.5 Å². The molecule has 0 bridgehead atoms. The molecule has 1 heterocycles. The zero-order valence-electron chi connectivity index (χ0n) is 15.5. The SMILES string of the molecule is CC(=O)NNC(=O)CN1C(=O)COC(c2cccc(Cl)c2)C1c1ccc(Cl)cc1. The van der Waals surface area contributed by atoms with Crippen molar-refractivity contribution in [2.45, 2.75) is 19.1 Å². The van der Waals surface area contributed by atoms with Crippen molar-refractivity contribution < 1.29 is 19.1 Å². The smallest absolute Gasteiger partial charge is 0.258 e. The van der Waals surface area contributed by atoms with Crippen molar-refractivity contribution in [3.8, 4) is 0 Å². The highest BCUT2D eigenvalue weighted by molar-refractivity contribution is 6.30. The van der Waals surface area contributed by atoms with Gasteiger partial charge in [-0.05, 0) is 35.4 Å². The van der Waals surface area contributed by atoms with E-state index < -0.39 is 24.0 Å². The van der Waals surface area contributed by atoms with Crippen molar-refractivity contribution in [3.63, 3.8) is 0 Å². The van der Waals surface area contributed by atoms with Gasteiger partial charge in [0, 0.05) is 17.0 Å². The molecule has 1 aliphatic heterocycles. The topological polar surface area (TPSA) is 87.7 Å². The van der Waals surface area contributed by atoms with Gasteiger partial charge in [0.25, 0.3) is 5.91 Å². The molecule has 1 aliphatic rings. The molecule has 0 aromatic heterocycles. The Hall–Kier alpha value is -2.61. The first-order valence-corrected chi connectivity index (χ1v) is 9.58. The lowest BCUT2D eigenvalue weighted by Crippen LogP contribution is -2.52. The Bertz CT molecular complexity index is 920. The average Bonchev–Trinajstić information content (AvgIpc) is 2.68. The van der Waals surface area contributed by atoms with Crippen LogP contribution < -0.4 is 10.9 Å². The summed E-state index contributed by atoms with van der Waals surface area (Å²) >= 11 is 12.2. The average molecular weight is 436 g/mol. The normalized spacial score (nSPS) is 19.0. The predicted molar refractivity (Wildman–Crippen MR) is 108 cm³/mol. The largest absolute Gasteiger partial charge is 0.361 e. The molecule has 0 spiro atoms. The number of hydrogen-bond acceptors (Lipinski definition) is 4. The van der Waals surface area contributed by atoms with E-state index in [-0.39, 0.29) is 19.1 Å². The van der Waals surface area contributed by atoms with Crippen LogP contribution in [0.25, 0.3) is 0 Å². The van der Waals surface area contributed by atoms with Crippen molar-refractivity contribution in [3.05, 3.63) is 69.7 Å². The van der Waals surface area contributed by atoms with Gasteiger partial charge in [-0.2, -0.15) is 0 Å². The van der Waals surface area contributed by atoms with E-state index in [0.29, 0.717) is 10.0 Å². The van der Waals surface area contributed by atoms with Crippen LogP contribution >= 0.6 is 23.2 Å². The number of nitrogens with one attached hydrogen (secondary N) is 2. The van der Waals surface area contributed by atoms with E-state index in [9.17, 15) is 14.4 Å². The molecule has 0 saturated carbocycles. The van der Waals surface area contributed by atoms with Crippen LogP contribution in [0.5, 0.6) is 0 Å². The lowest BCUT2D eigenvalue weighted by Gasteiger charge is -2.41. The lowest BCUT2D eigenvalue weighted by atomic mass is 9.92. The maximum atomic E-state index is 12.6. The van der Waals surface area contributed by atoms with Crippen molar-refractivity contribution in [2.24, 2.45) is 0 Å². The highest BCUT2D eigenvalue weighted by Crippen LogP contribution is 2.40. The first-order valence-electron chi connectivity index (χ1n) is 8.82. The van der Waals surface area contributed by atoms with Crippen molar-refractivity contribution in [2.75, 3.05) is 13.2 Å². The van der Waals surface area contributed by atoms with Gasteiger partial charge in [0.1, 0.15) is 19.3 Å². The summed E-state index contributed by atoms with van der Waals surface area (Å²) in [5.74, 6) is -1.29. The van der Waals surface area contributed by atoms with Gasteiger partial charge in [-0.25, -0.2) is 0 Å². The number of hydrazine groups is 1. The third kappa shape index (κ3) is 5.26. The van der Waals surface area contributed by atoms with Crippen LogP contribution in [-0.4, -0.2) is 35.8 Å². The van der Waals surface area contributed by atoms with E-state index in [1.807, 2.05) is 6.07 Å². The highest BCUT2D eigenvalue weighted by atomic mass is 35.5. The van der Waals surface area contributed by atoms with E-state index in [1.165, 1.54) is 11.8 Å². The Labute approximate surface area is 177 Å². The van der Waals surface area contributed by atoms with Gasteiger partial charge < -0.3 is 9.64 Å². The fraction of sp³-hybridized carbons (Fsp3) is 0.250. The third-order valence-corrected chi connectivity index (χ3v) is 4.90. The first-order chi connectivity index (χ1) is 13.8. The number of rotatable bonds is 4. The number of amides is 3. The number of ether oxygens (including phenoxy) is 1. The molecule has 152 valence electrons. The second-order valence-electron chi connectivity index (χ2n) is 6.53. The minimum absolute atomic E-state index is 0.186. The molecular formula is C20H19Cl2N3O4. The molecule has 2 aromatic rings. The number of hydrogen-bond donors (Lipinski definition) is 2. The zero-order valence-corrected chi connectivity index (χ0v) is 17.0. The lowest BCUT2D eigenvalue weighted by molar-refractivity contribution is -0.161. The van der Waals surface area contributed by atoms with Crippen molar-refractivity contribution in [1.82, 2.24) is 15.8 Å². The summed E-state index contributed by atoms with van der Waals surface area (Å²) in [7, 11) is 0. The molecule has 2 N–H and O–H groups in total. The molecule has 2 unspecified atom stereocenters. The Balaban J connectivity index is 1.96. The fourth-order valence-electron chi connectivity index (χ4n) is 3.17. The summed E-state index contributed by atoms with van der Waals surface area (Å²) in [6.07, 6.45) is -0.541. The number of carbonyl (C=O) groups excluding carboxylic acids is 3. The molecule has 9 heteroatoms. The summed E-state index contributed by atoms with van der Waals surface area (Å²) in [5.41, 5.74) is 6.02. The summed E-state index contributed by atoms with van der Waals surface area (Å²) in [6, 6.07) is 13.6. The Kier molecular flexibility index (Phi) is 6.74. The van der Waals surface area contributed by atoms with Crippen LogP contribution in [0.4, 0.5) is 0 Å². The minimum Gasteiger partial charge on any atom is -0.361 e. The summed E-state index contributed by atoms with van der Waals surface area (Å²) < 4.78 is 5.85. The van der Waals surface area contributed by atoms with Crippen LogP contribution in [0, 0.1) is 0 Å². The maximum Gasteiger partial charge on any atom is 0.258 e. The van der Waals surface area contributed by atoms with Crippen LogP contribution in [0.15, 0.2) is 48.5 Å². The summed E-state index contributed by atoms with van der Waals surface area (Å²) in [6.45, 7) is 0.827. The molecule has 1 fully saturated rings. The molecule has 3 rings (SSSR count). The van der Waals surface area contributed by atoms with Gasteiger partial charge in [0.2, 0.25) is 11.8 Å². The highest BCUT2D eigenvalue weighted by Gasteiger charge is 2.39. The molecular weight excluding hydrogens is 417 g/mol. The summed E-state index contributed by atoms with van der Waals surface area (Å²) in [4.78, 5) is 37.4. The number of benzene rings is 2. The van der Waals surface area contributed by atoms with Gasteiger partial charge in [-0.15, -0.1) is 0 Å². The Morgan fingerprint density at radius 2 is 1.79 bits per heavy atom. The van der Waals surface area contributed by atoms with E-state index in [4.69, 9.17) is 27.9 Å². The van der Waals surface area contributed by atoms with Crippen LogP contribution in [0.3, 0.4) is 0 Å². The molecule has 1 saturated heterocycles. The molecule has 0 aliphatic carbocycles. The minimum atomic E-state index is -0.588. The molecule has 3 amide bonds. The molecule has 0 radical (unpaired) electrons. The van der Waals surface area contributed by atoms with E-state index in [2.05, 4.69) is 10.9 Å². The van der Waals surface area contributed by atoms with Crippen molar-refractivity contribution >= 4 is 40.9 Å². The second-order valence-corrected chi connectivity index (χ2v) is 7.41. The van der Waals surface area contributed by atoms with Crippen LogP contribution in [0.1, 0.15) is 30.2 Å². The third-order valence-electron chi connectivity index (χ3n) is 4.41. The van der Waals surface area contributed by atoms with Crippen LogP contribution in [-0.2, 0) is 19.1 Å². The fourth-order valence-corrected chi connectivity index (χ4v) is 3.49. The Morgan fingerprint density at radius 1 is 1.07 bits per heavy atom. The Morgan fingerprint density at radius 3 is 2.45 bits per heavy atom. The molecule has 2 aromatic carbocycles. The quantitative estimate of drug-likeness (QED) is 0.722. The van der Waals surface area contributed by atoms with Crippen LogP contribution in [0.2, 0.25) is 10.0 Å². The number of nitrogens with zero attached hydrogens (tertiary/aromatic N) is 1. The van der Waals surface area contributed by atoms with E-state index in [1.54, 1.807) is 42.5 Å². The predicted octanol–water partition coefficient (Wildman–Crippen LogP) is 2.80. The van der Waals surface area contributed by atoms with Crippen molar-refractivity contribution in [1.29, 1.82) is 0 Å². The van der Waals surface area contributed by atoms with Gasteiger partial charge in [0.05, 0.1) is 6.04 Å². The standard InChI is InChI=1S/C20H19Cl2N3O4/c1-12(26)23-24-17(27)10-25-18(28)11-29-20(14-3-2-4-16(22)9-14)19(25)13-5-7-15(21)8-6-13/h2-9,19-20H,10-11H2,1H3,(H,23,26)(H,24,27). The van der Waals surface area contributed by atoms with E-state index >= 15 is 0 Å². The number of morpholine rings is 1. The molecule has 7 nitrogen and oxygen atoms in total. The molecule has 29 heavy (non-hydrogen) atoms. The number of carbonyl (C=O) groups is 3. The van der Waals surface area contributed by atoms with E-state index in [0.717, 1.165) is 11.1 Å². The zero-order chi connectivity index (χ0) is 21.0. The van der Waals surface area contributed by atoms with Gasteiger partial charge in [0.15, 0.2) is 0 Å². The molecule has 2 atom stereocenters. The summed E-state index contributed by atoms with van der Waals surface area (Å²) in [5, 5.41) is 1.08. The van der Waals surface area contributed by atoms with Gasteiger partial charge >= 0.3 is 0 Å².